The van der Waals surface area contributed by atoms with E-state index >= 15 is 0 Å². The van der Waals surface area contributed by atoms with Crippen LogP contribution in [0.2, 0.25) is 0 Å². The number of carbonyl (C=O) groups is 3. The molecular formula is C26H16F2N2O4. The van der Waals surface area contributed by atoms with Gasteiger partial charge in [0, 0.05) is 17.2 Å². The van der Waals surface area contributed by atoms with E-state index < -0.39 is 29.4 Å². The van der Waals surface area contributed by atoms with E-state index in [1.165, 1.54) is 24.5 Å². The number of imide groups is 1. The zero-order valence-corrected chi connectivity index (χ0v) is 17.5. The number of carbonyl (C=O) groups excluding carboxylic acids is 3. The Labute approximate surface area is 192 Å². The summed E-state index contributed by atoms with van der Waals surface area (Å²) in [5.74, 6) is -3.07. The molecule has 1 N–H and O–H groups in total. The van der Waals surface area contributed by atoms with Crippen LogP contribution in [0, 0.1) is 11.6 Å². The molecule has 2 heterocycles. The lowest BCUT2D eigenvalue weighted by Crippen LogP contribution is -2.28. The van der Waals surface area contributed by atoms with Gasteiger partial charge in [-0.05, 0) is 42.0 Å². The second-order valence-electron chi connectivity index (χ2n) is 7.67. The maximum absolute atomic E-state index is 14.7. The van der Waals surface area contributed by atoms with Crippen LogP contribution >= 0.6 is 0 Å². The van der Waals surface area contributed by atoms with Crippen molar-refractivity contribution in [3.05, 3.63) is 113 Å². The third-order valence-electron chi connectivity index (χ3n) is 5.51. The van der Waals surface area contributed by atoms with Crippen LogP contribution in [0.4, 0.5) is 14.5 Å². The van der Waals surface area contributed by atoms with Gasteiger partial charge in [0.2, 0.25) is 0 Å². The van der Waals surface area contributed by atoms with Crippen molar-refractivity contribution in [3.8, 4) is 11.1 Å². The smallest absolute Gasteiger partial charge is 0.261 e. The Bertz CT molecular complexity index is 1430. The molecule has 0 fully saturated rings. The van der Waals surface area contributed by atoms with E-state index in [0.29, 0.717) is 17.4 Å². The van der Waals surface area contributed by atoms with E-state index in [4.69, 9.17) is 4.42 Å². The average molecular weight is 458 g/mol. The van der Waals surface area contributed by atoms with Crippen molar-refractivity contribution in [2.75, 3.05) is 5.32 Å². The highest BCUT2D eigenvalue weighted by molar-refractivity contribution is 6.22. The molecule has 0 saturated carbocycles. The SMILES string of the molecule is O=C(Nc1c(F)cc(F)cc1-c1ccccc1)c1ccc2c(c1)C(=O)N(Cc1ccco1)C2=O. The van der Waals surface area contributed by atoms with E-state index in [1.54, 1.807) is 42.5 Å². The van der Waals surface area contributed by atoms with Crippen LogP contribution in [-0.4, -0.2) is 22.6 Å². The summed E-state index contributed by atoms with van der Waals surface area (Å²) in [7, 11) is 0. The van der Waals surface area contributed by atoms with Crippen molar-refractivity contribution in [3.63, 3.8) is 0 Å². The van der Waals surface area contributed by atoms with E-state index in [2.05, 4.69) is 5.32 Å². The standard InChI is InChI=1S/C26H16F2N2O4/c27-17-12-20(15-5-2-1-3-6-15)23(22(28)13-17)29-24(31)16-8-9-19-21(11-16)26(33)30(25(19)32)14-18-7-4-10-34-18/h1-13H,14H2,(H,29,31). The molecule has 5 rings (SSSR count). The Morgan fingerprint density at radius 1 is 0.853 bits per heavy atom. The number of fused-ring (bicyclic) bond motifs is 1. The lowest BCUT2D eigenvalue weighted by molar-refractivity contribution is 0.0631. The van der Waals surface area contributed by atoms with E-state index in [-0.39, 0.29) is 34.5 Å². The maximum atomic E-state index is 14.7. The predicted octanol–water partition coefficient (Wildman–Crippen LogP) is 5.27. The summed E-state index contributed by atoms with van der Waals surface area (Å²) in [4.78, 5) is 39.5. The minimum Gasteiger partial charge on any atom is -0.467 e. The van der Waals surface area contributed by atoms with Crippen molar-refractivity contribution in [2.24, 2.45) is 0 Å². The predicted molar refractivity (Wildman–Crippen MR) is 119 cm³/mol. The molecule has 4 aromatic rings. The highest BCUT2D eigenvalue weighted by atomic mass is 19.1. The molecule has 0 atom stereocenters. The maximum Gasteiger partial charge on any atom is 0.261 e. The molecule has 0 bridgehead atoms. The van der Waals surface area contributed by atoms with Gasteiger partial charge < -0.3 is 9.73 Å². The number of benzene rings is 3. The first-order chi connectivity index (χ1) is 16.4. The highest BCUT2D eigenvalue weighted by Crippen LogP contribution is 2.32. The lowest BCUT2D eigenvalue weighted by atomic mass is 10.0. The molecule has 8 heteroatoms. The number of hydrogen-bond donors (Lipinski definition) is 1. The van der Waals surface area contributed by atoms with Crippen LogP contribution in [0.25, 0.3) is 11.1 Å². The normalized spacial score (nSPS) is 12.7. The molecule has 6 nitrogen and oxygen atoms in total. The van der Waals surface area contributed by atoms with Crippen LogP contribution < -0.4 is 5.32 Å². The van der Waals surface area contributed by atoms with Crippen LogP contribution in [0.15, 0.2) is 83.5 Å². The number of nitrogens with one attached hydrogen (secondary N) is 1. The van der Waals surface area contributed by atoms with Crippen molar-refractivity contribution in [1.82, 2.24) is 4.90 Å². The molecular weight excluding hydrogens is 442 g/mol. The molecule has 1 aliphatic heterocycles. The van der Waals surface area contributed by atoms with Gasteiger partial charge in [0.25, 0.3) is 17.7 Å². The Morgan fingerprint density at radius 2 is 1.62 bits per heavy atom. The monoisotopic (exact) mass is 458 g/mol. The van der Waals surface area contributed by atoms with Crippen LogP contribution in [0.1, 0.15) is 36.8 Å². The molecule has 0 spiro atoms. The van der Waals surface area contributed by atoms with Crippen LogP contribution in [-0.2, 0) is 6.54 Å². The fraction of sp³-hybridized carbons (Fsp3) is 0.0385. The number of halogens is 2. The molecule has 0 saturated heterocycles. The summed E-state index contributed by atoms with van der Waals surface area (Å²) in [6.45, 7) is -0.0396. The summed E-state index contributed by atoms with van der Waals surface area (Å²) in [5, 5.41) is 2.48. The number of amides is 3. The zero-order chi connectivity index (χ0) is 23.8. The minimum atomic E-state index is -0.941. The average Bonchev–Trinajstić information content (AvgIpc) is 3.44. The summed E-state index contributed by atoms with van der Waals surface area (Å²) in [6.07, 6.45) is 1.44. The van der Waals surface area contributed by atoms with Gasteiger partial charge >= 0.3 is 0 Å². The zero-order valence-electron chi connectivity index (χ0n) is 17.5. The topological polar surface area (TPSA) is 79.6 Å². The van der Waals surface area contributed by atoms with E-state index in [1.807, 2.05) is 0 Å². The van der Waals surface area contributed by atoms with Gasteiger partial charge in [-0.1, -0.05) is 30.3 Å². The summed E-state index contributed by atoms with van der Waals surface area (Å²) in [6, 6.07) is 17.7. The van der Waals surface area contributed by atoms with Crippen molar-refractivity contribution >= 4 is 23.4 Å². The second kappa shape index (κ2) is 8.40. The molecule has 0 unspecified atom stereocenters. The fourth-order valence-corrected chi connectivity index (χ4v) is 3.87. The fourth-order valence-electron chi connectivity index (χ4n) is 3.87. The van der Waals surface area contributed by atoms with Gasteiger partial charge in [0.05, 0.1) is 29.6 Å². The van der Waals surface area contributed by atoms with Crippen LogP contribution in [0.5, 0.6) is 0 Å². The van der Waals surface area contributed by atoms with Gasteiger partial charge in [-0.25, -0.2) is 8.78 Å². The lowest BCUT2D eigenvalue weighted by Gasteiger charge is -2.13. The molecule has 3 amide bonds. The number of furan rings is 1. The Hall–Kier alpha value is -4.59. The Kier molecular flexibility index (Phi) is 5.25. The second-order valence-corrected chi connectivity index (χ2v) is 7.67. The number of nitrogens with zero attached hydrogens (tertiary/aromatic N) is 1. The van der Waals surface area contributed by atoms with Gasteiger partial charge in [-0.2, -0.15) is 0 Å². The molecule has 0 aliphatic carbocycles. The first-order valence-electron chi connectivity index (χ1n) is 10.3. The van der Waals surface area contributed by atoms with Gasteiger partial charge in [-0.3, -0.25) is 19.3 Å². The third-order valence-corrected chi connectivity index (χ3v) is 5.51. The molecule has 3 aromatic carbocycles. The highest BCUT2D eigenvalue weighted by Gasteiger charge is 2.36. The largest absolute Gasteiger partial charge is 0.467 e. The quantitative estimate of drug-likeness (QED) is 0.413. The molecule has 1 aliphatic rings. The minimum absolute atomic E-state index is 0.0396. The summed E-state index contributed by atoms with van der Waals surface area (Å²) in [5.41, 5.74) is 0.753. The molecule has 1 aromatic heterocycles. The number of hydrogen-bond acceptors (Lipinski definition) is 4. The summed E-state index contributed by atoms with van der Waals surface area (Å²) < 4.78 is 33.8. The van der Waals surface area contributed by atoms with E-state index in [9.17, 15) is 23.2 Å². The van der Waals surface area contributed by atoms with Crippen LogP contribution in [0.3, 0.4) is 0 Å². The Balaban J connectivity index is 1.45. The molecule has 168 valence electrons. The van der Waals surface area contributed by atoms with Gasteiger partial charge in [-0.15, -0.1) is 0 Å². The Morgan fingerprint density at radius 3 is 2.35 bits per heavy atom. The number of rotatable bonds is 5. The van der Waals surface area contributed by atoms with Crippen molar-refractivity contribution in [1.29, 1.82) is 0 Å². The van der Waals surface area contributed by atoms with Crippen molar-refractivity contribution in [2.45, 2.75) is 6.54 Å². The first kappa shape index (κ1) is 21.3. The summed E-state index contributed by atoms with van der Waals surface area (Å²) >= 11 is 0. The van der Waals surface area contributed by atoms with E-state index in [0.717, 1.165) is 11.0 Å². The van der Waals surface area contributed by atoms with Crippen molar-refractivity contribution < 1.29 is 27.6 Å². The van der Waals surface area contributed by atoms with Gasteiger partial charge in [0.15, 0.2) is 0 Å². The first-order valence-corrected chi connectivity index (χ1v) is 10.3. The third kappa shape index (κ3) is 3.75. The molecule has 0 radical (unpaired) electrons. The molecule has 34 heavy (non-hydrogen) atoms. The van der Waals surface area contributed by atoms with Gasteiger partial charge in [0.1, 0.15) is 17.4 Å². The number of anilines is 1.